The number of nitrogens with one attached hydrogen (secondary N) is 2. The van der Waals surface area contributed by atoms with E-state index in [1.54, 1.807) is 0 Å². The monoisotopic (exact) mass is 266 g/mol. The highest BCUT2D eigenvalue weighted by Gasteiger charge is 2.31. The molecule has 2 rings (SSSR count). The van der Waals surface area contributed by atoms with Crippen LogP contribution in [-0.4, -0.2) is 52.1 Å². The maximum absolute atomic E-state index is 12.0. The summed E-state index contributed by atoms with van der Waals surface area (Å²) in [5.74, 6) is -0.637. The molecule has 7 nitrogen and oxygen atoms in total. The molecule has 0 unspecified atom stereocenters. The summed E-state index contributed by atoms with van der Waals surface area (Å²) in [5.41, 5.74) is 0.243. The molecule has 1 saturated heterocycles. The molecule has 1 aromatic heterocycles. The van der Waals surface area contributed by atoms with Gasteiger partial charge in [0, 0.05) is 19.2 Å². The summed E-state index contributed by atoms with van der Waals surface area (Å²) in [7, 11) is 1.92. The van der Waals surface area contributed by atoms with Crippen molar-refractivity contribution in [2.45, 2.75) is 19.1 Å². The number of piperidine rings is 1. The first kappa shape index (κ1) is 13.7. The van der Waals surface area contributed by atoms with Crippen LogP contribution in [0.1, 0.15) is 12.1 Å². The third-order valence-electron chi connectivity index (χ3n) is 3.29. The van der Waals surface area contributed by atoms with E-state index in [4.69, 9.17) is 0 Å². The van der Waals surface area contributed by atoms with Crippen molar-refractivity contribution in [3.63, 3.8) is 0 Å². The van der Waals surface area contributed by atoms with E-state index in [1.807, 2.05) is 11.9 Å². The summed E-state index contributed by atoms with van der Waals surface area (Å²) in [6.07, 6.45) is 1.29. The van der Waals surface area contributed by atoms with Gasteiger partial charge in [0.1, 0.15) is 0 Å². The van der Waals surface area contributed by atoms with Gasteiger partial charge >= 0.3 is 0 Å². The minimum Gasteiger partial charge on any atom is -0.392 e. The molecule has 0 radical (unpaired) electrons. The van der Waals surface area contributed by atoms with Gasteiger partial charge in [0.2, 0.25) is 5.91 Å². The van der Waals surface area contributed by atoms with Crippen molar-refractivity contribution >= 4 is 5.91 Å². The lowest BCUT2D eigenvalue weighted by Crippen LogP contribution is -2.48. The summed E-state index contributed by atoms with van der Waals surface area (Å²) in [4.78, 5) is 31.5. The summed E-state index contributed by atoms with van der Waals surface area (Å²) in [6, 6.07) is 1.34. The molecule has 0 aliphatic carbocycles. The van der Waals surface area contributed by atoms with Gasteiger partial charge in [-0.15, -0.1) is 0 Å². The highest BCUT2D eigenvalue weighted by atomic mass is 16.3. The van der Waals surface area contributed by atoms with Crippen LogP contribution in [0.2, 0.25) is 0 Å². The number of rotatable bonds is 3. The van der Waals surface area contributed by atoms with E-state index in [1.165, 1.54) is 12.4 Å². The average molecular weight is 266 g/mol. The second-order valence-corrected chi connectivity index (χ2v) is 4.85. The minimum absolute atomic E-state index is 0.190. The topological polar surface area (TPSA) is 98.3 Å². The van der Waals surface area contributed by atoms with Crippen molar-refractivity contribution in [1.29, 1.82) is 0 Å². The lowest BCUT2D eigenvalue weighted by atomic mass is 9.94. The van der Waals surface area contributed by atoms with Gasteiger partial charge in [-0.1, -0.05) is 0 Å². The Morgan fingerprint density at radius 2 is 2.47 bits per heavy atom. The summed E-state index contributed by atoms with van der Waals surface area (Å²) in [5, 5.41) is 12.5. The van der Waals surface area contributed by atoms with Crippen LogP contribution in [0.4, 0.5) is 0 Å². The molecule has 1 aromatic rings. The van der Waals surface area contributed by atoms with Crippen molar-refractivity contribution in [1.82, 2.24) is 20.2 Å². The molecule has 1 aliphatic heterocycles. The quantitative estimate of drug-likeness (QED) is 0.631. The molecule has 1 fully saturated rings. The molecule has 0 bridgehead atoms. The molecule has 0 saturated carbocycles. The van der Waals surface area contributed by atoms with Crippen molar-refractivity contribution < 1.29 is 9.90 Å². The van der Waals surface area contributed by atoms with Crippen molar-refractivity contribution in [2.24, 2.45) is 5.92 Å². The molecule has 7 heteroatoms. The molecule has 0 aromatic carbocycles. The highest BCUT2D eigenvalue weighted by Crippen LogP contribution is 2.16. The molecule has 1 aliphatic rings. The van der Waals surface area contributed by atoms with E-state index in [0.717, 1.165) is 6.54 Å². The van der Waals surface area contributed by atoms with E-state index in [9.17, 15) is 14.7 Å². The Labute approximate surface area is 110 Å². The van der Waals surface area contributed by atoms with E-state index < -0.39 is 12.0 Å². The Bertz CT molecular complexity index is 502. The largest absolute Gasteiger partial charge is 0.392 e. The van der Waals surface area contributed by atoms with Crippen LogP contribution in [0.5, 0.6) is 0 Å². The third kappa shape index (κ3) is 3.62. The highest BCUT2D eigenvalue weighted by molar-refractivity contribution is 5.79. The van der Waals surface area contributed by atoms with Gasteiger partial charge in [0.15, 0.2) is 0 Å². The zero-order valence-corrected chi connectivity index (χ0v) is 10.8. The Morgan fingerprint density at radius 3 is 3.21 bits per heavy atom. The fourth-order valence-corrected chi connectivity index (χ4v) is 2.17. The van der Waals surface area contributed by atoms with E-state index in [2.05, 4.69) is 15.3 Å². The second-order valence-electron chi connectivity index (χ2n) is 4.85. The van der Waals surface area contributed by atoms with Crippen LogP contribution >= 0.6 is 0 Å². The van der Waals surface area contributed by atoms with Crippen molar-refractivity contribution in [3.8, 4) is 0 Å². The van der Waals surface area contributed by atoms with Gasteiger partial charge < -0.3 is 20.3 Å². The number of likely N-dealkylation sites (tertiary alicyclic amines) is 1. The number of amides is 1. The Balaban J connectivity index is 1.92. The van der Waals surface area contributed by atoms with Crippen LogP contribution in [0.25, 0.3) is 0 Å². The SMILES string of the molecule is CN1CC[C@@H](O)[C@H](C(=O)NCc2cc(=O)[nH]cn2)C1. The maximum atomic E-state index is 12.0. The van der Waals surface area contributed by atoms with Gasteiger partial charge in [-0.05, 0) is 13.5 Å². The number of aliphatic hydroxyl groups excluding tert-OH is 1. The van der Waals surface area contributed by atoms with E-state index in [-0.39, 0.29) is 18.0 Å². The molecule has 19 heavy (non-hydrogen) atoms. The maximum Gasteiger partial charge on any atom is 0.250 e. The van der Waals surface area contributed by atoms with E-state index >= 15 is 0 Å². The van der Waals surface area contributed by atoms with Gasteiger partial charge in [-0.25, -0.2) is 4.98 Å². The smallest absolute Gasteiger partial charge is 0.250 e. The van der Waals surface area contributed by atoms with Gasteiger partial charge in [0.25, 0.3) is 5.56 Å². The molecule has 1 amide bonds. The summed E-state index contributed by atoms with van der Waals surface area (Å²) in [6.45, 7) is 1.52. The van der Waals surface area contributed by atoms with Crippen LogP contribution in [0.15, 0.2) is 17.2 Å². The Kier molecular flexibility index (Phi) is 4.28. The van der Waals surface area contributed by atoms with Gasteiger partial charge in [-0.3, -0.25) is 9.59 Å². The number of H-pyrrole nitrogens is 1. The first-order valence-electron chi connectivity index (χ1n) is 6.24. The zero-order chi connectivity index (χ0) is 13.8. The lowest BCUT2D eigenvalue weighted by Gasteiger charge is -2.32. The minimum atomic E-state index is -0.608. The summed E-state index contributed by atoms with van der Waals surface area (Å²) < 4.78 is 0. The Hall–Kier alpha value is -1.73. The first-order chi connectivity index (χ1) is 9.06. The number of aliphatic hydroxyl groups is 1. The molecule has 0 spiro atoms. The number of hydrogen-bond donors (Lipinski definition) is 3. The fourth-order valence-electron chi connectivity index (χ4n) is 2.17. The molecular weight excluding hydrogens is 248 g/mol. The normalized spacial score (nSPS) is 24.1. The van der Waals surface area contributed by atoms with Crippen LogP contribution in [-0.2, 0) is 11.3 Å². The molecule has 2 atom stereocenters. The molecular formula is C12H18N4O3. The standard InChI is InChI=1S/C12H18N4O3/c1-16-3-2-10(17)9(6-16)12(19)13-5-8-4-11(18)15-7-14-8/h4,7,9-10,17H,2-3,5-6H2,1H3,(H,13,19)(H,14,15,18)/t9-,10-/m1/s1. The zero-order valence-electron chi connectivity index (χ0n) is 10.8. The Morgan fingerprint density at radius 1 is 1.68 bits per heavy atom. The molecule has 3 N–H and O–H groups in total. The number of aromatic amines is 1. The third-order valence-corrected chi connectivity index (χ3v) is 3.29. The van der Waals surface area contributed by atoms with Crippen LogP contribution in [0, 0.1) is 5.92 Å². The number of aromatic nitrogens is 2. The van der Waals surface area contributed by atoms with Crippen molar-refractivity contribution in [3.05, 3.63) is 28.4 Å². The van der Waals surface area contributed by atoms with Crippen molar-refractivity contribution in [2.75, 3.05) is 20.1 Å². The van der Waals surface area contributed by atoms with Crippen LogP contribution < -0.4 is 10.9 Å². The molecule has 2 heterocycles. The van der Waals surface area contributed by atoms with Gasteiger partial charge in [0.05, 0.1) is 30.6 Å². The number of carbonyl (C=O) groups excluding carboxylic acids is 1. The lowest BCUT2D eigenvalue weighted by molar-refractivity contribution is -0.131. The predicted octanol–water partition coefficient (Wildman–Crippen LogP) is -1.30. The second kappa shape index (κ2) is 5.94. The van der Waals surface area contributed by atoms with Crippen LogP contribution in [0.3, 0.4) is 0 Å². The number of nitrogens with zero attached hydrogens (tertiary/aromatic N) is 2. The molecule has 104 valence electrons. The first-order valence-corrected chi connectivity index (χ1v) is 6.24. The van der Waals surface area contributed by atoms with E-state index in [0.29, 0.717) is 18.7 Å². The number of hydrogen-bond acceptors (Lipinski definition) is 5. The summed E-state index contributed by atoms with van der Waals surface area (Å²) >= 11 is 0. The fraction of sp³-hybridized carbons (Fsp3) is 0.583. The average Bonchev–Trinajstić information content (AvgIpc) is 2.39. The number of carbonyl (C=O) groups is 1. The predicted molar refractivity (Wildman–Crippen MR) is 68.3 cm³/mol. The van der Waals surface area contributed by atoms with Gasteiger partial charge in [-0.2, -0.15) is 0 Å².